The summed E-state index contributed by atoms with van der Waals surface area (Å²) in [7, 11) is 0. The molecule has 2 amide bonds. The number of aryl methyl sites for hydroxylation is 1. The Morgan fingerprint density at radius 3 is 2.74 bits per heavy atom. The molecule has 3 heterocycles. The SMILES string of the molecule is CCc1ccc(C(=O)N2CCCC3(C2)CN(c2ccccc2)C(=O)CO3)s1. The minimum absolute atomic E-state index is 0.0267. The Balaban J connectivity index is 1.52. The molecule has 2 aromatic rings. The van der Waals surface area contributed by atoms with E-state index in [0.29, 0.717) is 13.1 Å². The van der Waals surface area contributed by atoms with Gasteiger partial charge in [-0.05, 0) is 43.5 Å². The quantitative estimate of drug-likeness (QED) is 0.815. The number of para-hydroxylation sites is 1. The summed E-state index contributed by atoms with van der Waals surface area (Å²) in [5.41, 5.74) is 0.405. The molecule has 1 aromatic heterocycles. The molecule has 1 spiro atoms. The first-order chi connectivity index (χ1) is 13.1. The van der Waals surface area contributed by atoms with Crippen LogP contribution in [0, 0.1) is 0 Å². The van der Waals surface area contributed by atoms with Crippen molar-refractivity contribution in [3.8, 4) is 0 Å². The zero-order valence-electron chi connectivity index (χ0n) is 15.5. The highest BCUT2D eigenvalue weighted by Gasteiger charge is 2.44. The lowest BCUT2D eigenvalue weighted by molar-refractivity contribution is -0.144. The van der Waals surface area contributed by atoms with Crippen molar-refractivity contribution in [1.29, 1.82) is 0 Å². The number of carbonyl (C=O) groups excluding carboxylic acids is 2. The Bertz CT molecular complexity index is 835. The van der Waals surface area contributed by atoms with Crippen molar-refractivity contribution in [2.45, 2.75) is 31.8 Å². The zero-order valence-corrected chi connectivity index (χ0v) is 16.3. The van der Waals surface area contributed by atoms with Gasteiger partial charge in [-0.15, -0.1) is 11.3 Å². The first-order valence-electron chi connectivity index (χ1n) is 9.48. The molecular formula is C21H24N2O3S. The normalized spacial score (nSPS) is 23.1. The monoisotopic (exact) mass is 384 g/mol. The van der Waals surface area contributed by atoms with E-state index in [4.69, 9.17) is 4.74 Å². The minimum Gasteiger partial charge on any atom is -0.361 e. The molecule has 6 heteroatoms. The molecule has 2 saturated heterocycles. The maximum absolute atomic E-state index is 13.0. The molecule has 0 aliphatic carbocycles. The van der Waals surface area contributed by atoms with Crippen LogP contribution in [0.4, 0.5) is 5.69 Å². The summed E-state index contributed by atoms with van der Waals surface area (Å²) in [6, 6.07) is 13.7. The number of morpholine rings is 1. The molecule has 0 bridgehead atoms. The van der Waals surface area contributed by atoms with E-state index in [9.17, 15) is 9.59 Å². The fourth-order valence-corrected chi connectivity index (χ4v) is 4.83. The highest BCUT2D eigenvalue weighted by Crippen LogP contribution is 2.33. The number of nitrogens with zero attached hydrogens (tertiary/aromatic N) is 2. The van der Waals surface area contributed by atoms with Crippen LogP contribution in [-0.2, 0) is 16.0 Å². The lowest BCUT2D eigenvalue weighted by Crippen LogP contribution is -2.62. The van der Waals surface area contributed by atoms with Crippen LogP contribution in [0.1, 0.15) is 34.3 Å². The average Bonchev–Trinajstić information content (AvgIpc) is 3.19. The van der Waals surface area contributed by atoms with Gasteiger partial charge in [0.15, 0.2) is 0 Å². The summed E-state index contributed by atoms with van der Waals surface area (Å²) in [6.45, 7) is 3.92. The Morgan fingerprint density at radius 1 is 1.19 bits per heavy atom. The van der Waals surface area contributed by atoms with Crippen LogP contribution in [0.5, 0.6) is 0 Å². The van der Waals surface area contributed by atoms with E-state index < -0.39 is 5.60 Å². The summed E-state index contributed by atoms with van der Waals surface area (Å²) < 4.78 is 6.03. The number of anilines is 1. The predicted molar refractivity (Wildman–Crippen MR) is 106 cm³/mol. The average molecular weight is 385 g/mol. The van der Waals surface area contributed by atoms with Crippen LogP contribution in [0.3, 0.4) is 0 Å². The lowest BCUT2D eigenvalue weighted by Gasteiger charge is -2.47. The van der Waals surface area contributed by atoms with Gasteiger partial charge in [0.25, 0.3) is 11.8 Å². The van der Waals surface area contributed by atoms with Gasteiger partial charge in [-0.1, -0.05) is 25.1 Å². The van der Waals surface area contributed by atoms with Crippen LogP contribution in [-0.4, -0.2) is 48.6 Å². The van der Waals surface area contributed by atoms with Gasteiger partial charge in [0.2, 0.25) is 0 Å². The molecule has 1 unspecified atom stereocenters. The number of benzene rings is 1. The lowest BCUT2D eigenvalue weighted by atomic mass is 9.90. The van der Waals surface area contributed by atoms with E-state index >= 15 is 0 Å². The second-order valence-electron chi connectivity index (χ2n) is 7.24. The van der Waals surface area contributed by atoms with E-state index in [1.54, 1.807) is 16.2 Å². The number of hydrogen-bond donors (Lipinski definition) is 0. The van der Waals surface area contributed by atoms with Crippen molar-refractivity contribution in [1.82, 2.24) is 4.90 Å². The van der Waals surface area contributed by atoms with E-state index in [0.717, 1.165) is 36.4 Å². The third kappa shape index (κ3) is 3.64. The van der Waals surface area contributed by atoms with Crippen LogP contribution >= 0.6 is 11.3 Å². The molecule has 2 aliphatic heterocycles. The van der Waals surface area contributed by atoms with Gasteiger partial charge in [-0.3, -0.25) is 9.59 Å². The van der Waals surface area contributed by atoms with E-state index in [-0.39, 0.29) is 18.4 Å². The molecule has 5 nitrogen and oxygen atoms in total. The number of hydrogen-bond acceptors (Lipinski definition) is 4. The number of ether oxygens (including phenoxy) is 1. The minimum atomic E-state index is -0.484. The summed E-state index contributed by atoms with van der Waals surface area (Å²) in [5.74, 6) is 0.0478. The van der Waals surface area contributed by atoms with Crippen molar-refractivity contribution in [3.63, 3.8) is 0 Å². The third-order valence-corrected chi connectivity index (χ3v) is 6.58. The van der Waals surface area contributed by atoms with Gasteiger partial charge in [-0.2, -0.15) is 0 Å². The standard InChI is InChI=1S/C21H24N2O3S/c1-2-17-9-10-18(27-17)20(25)22-12-6-11-21(14-22)15-23(19(24)13-26-21)16-7-4-3-5-8-16/h3-5,7-10H,2,6,11-15H2,1H3. The van der Waals surface area contributed by atoms with Crippen molar-refractivity contribution in [2.24, 2.45) is 0 Å². The first kappa shape index (κ1) is 18.2. The van der Waals surface area contributed by atoms with E-state index in [1.165, 1.54) is 4.88 Å². The fraction of sp³-hybridized carbons (Fsp3) is 0.429. The molecule has 4 rings (SSSR count). The summed E-state index contributed by atoms with van der Waals surface area (Å²) in [4.78, 5) is 31.1. The highest BCUT2D eigenvalue weighted by molar-refractivity contribution is 7.14. The summed E-state index contributed by atoms with van der Waals surface area (Å²) in [6.07, 6.45) is 2.69. The van der Waals surface area contributed by atoms with Crippen LogP contribution < -0.4 is 4.90 Å². The highest BCUT2D eigenvalue weighted by atomic mass is 32.1. The molecule has 27 heavy (non-hydrogen) atoms. The number of amides is 2. The van der Waals surface area contributed by atoms with Gasteiger partial charge in [0.05, 0.1) is 18.0 Å². The number of thiophene rings is 1. The Kier molecular flexibility index (Phi) is 5.02. The summed E-state index contributed by atoms with van der Waals surface area (Å²) >= 11 is 1.57. The molecule has 1 aromatic carbocycles. The maximum atomic E-state index is 13.0. The number of carbonyl (C=O) groups is 2. The largest absolute Gasteiger partial charge is 0.361 e. The first-order valence-corrected chi connectivity index (χ1v) is 10.3. The Labute approximate surface area is 163 Å². The molecular weight excluding hydrogens is 360 g/mol. The molecule has 2 aliphatic rings. The van der Waals surface area contributed by atoms with Crippen molar-refractivity contribution < 1.29 is 14.3 Å². The second-order valence-corrected chi connectivity index (χ2v) is 8.41. The van der Waals surface area contributed by atoms with Gasteiger partial charge in [0, 0.05) is 17.1 Å². The number of likely N-dealkylation sites (tertiary alicyclic amines) is 1. The number of piperidine rings is 1. The van der Waals surface area contributed by atoms with Crippen LogP contribution in [0.25, 0.3) is 0 Å². The van der Waals surface area contributed by atoms with Crippen molar-refractivity contribution in [3.05, 3.63) is 52.2 Å². The van der Waals surface area contributed by atoms with Gasteiger partial charge < -0.3 is 14.5 Å². The van der Waals surface area contributed by atoms with Gasteiger partial charge >= 0.3 is 0 Å². The molecule has 142 valence electrons. The third-order valence-electron chi connectivity index (χ3n) is 5.36. The van der Waals surface area contributed by atoms with Crippen molar-refractivity contribution in [2.75, 3.05) is 31.1 Å². The van der Waals surface area contributed by atoms with E-state index in [1.807, 2.05) is 47.4 Å². The van der Waals surface area contributed by atoms with Gasteiger partial charge in [-0.25, -0.2) is 0 Å². The molecule has 1 atom stereocenters. The van der Waals surface area contributed by atoms with Crippen molar-refractivity contribution >= 4 is 28.8 Å². The molecule has 2 fully saturated rings. The molecule has 0 radical (unpaired) electrons. The molecule has 0 N–H and O–H groups in total. The number of rotatable bonds is 3. The topological polar surface area (TPSA) is 49.9 Å². The second kappa shape index (κ2) is 7.44. The predicted octanol–water partition coefficient (Wildman–Crippen LogP) is 3.35. The zero-order chi connectivity index (χ0) is 18.9. The van der Waals surface area contributed by atoms with E-state index in [2.05, 4.69) is 6.92 Å². The summed E-state index contributed by atoms with van der Waals surface area (Å²) in [5, 5.41) is 0. The maximum Gasteiger partial charge on any atom is 0.264 e. The Morgan fingerprint density at radius 2 is 2.00 bits per heavy atom. The van der Waals surface area contributed by atoms with Crippen LogP contribution in [0.15, 0.2) is 42.5 Å². The smallest absolute Gasteiger partial charge is 0.264 e. The van der Waals surface area contributed by atoms with Gasteiger partial charge in [0.1, 0.15) is 12.2 Å². The fourth-order valence-electron chi connectivity index (χ4n) is 3.91. The Hall–Kier alpha value is -2.18. The molecule has 0 saturated carbocycles. The van der Waals surface area contributed by atoms with Crippen LogP contribution in [0.2, 0.25) is 0 Å².